The minimum Gasteiger partial charge on any atom is -0.298 e. The summed E-state index contributed by atoms with van der Waals surface area (Å²) < 4.78 is 0. The highest BCUT2D eigenvalue weighted by atomic mass is 16.2. The number of fused-ring (bicyclic) bond motifs is 1. The first-order valence-electron chi connectivity index (χ1n) is 6.48. The SMILES string of the molecule is O=C1CCCC(=O)C1C(=O)c1cnc2ccccc2n1. The van der Waals surface area contributed by atoms with E-state index in [-0.39, 0.29) is 30.1 Å². The van der Waals surface area contributed by atoms with Crippen molar-refractivity contribution < 1.29 is 14.4 Å². The number of hydrogen-bond donors (Lipinski definition) is 0. The zero-order chi connectivity index (χ0) is 14.1. The highest BCUT2D eigenvalue weighted by Crippen LogP contribution is 2.21. The van der Waals surface area contributed by atoms with E-state index in [9.17, 15) is 14.4 Å². The molecular formula is C15H12N2O3. The van der Waals surface area contributed by atoms with E-state index in [0.29, 0.717) is 17.5 Å². The van der Waals surface area contributed by atoms with Crippen molar-refractivity contribution in [3.8, 4) is 0 Å². The molecule has 1 aliphatic carbocycles. The normalized spacial score (nSPS) is 16.6. The van der Waals surface area contributed by atoms with Gasteiger partial charge in [-0.1, -0.05) is 12.1 Å². The van der Waals surface area contributed by atoms with Crippen LogP contribution in [-0.4, -0.2) is 27.3 Å². The second-order valence-corrected chi connectivity index (χ2v) is 4.83. The van der Waals surface area contributed by atoms with Gasteiger partial charge in [0.25, 0.3) is 0 Å². The Labute approximate surface area is 115 Å². The van der Waals surface area contributed by atoms with E-state index in [4.69, 9.17) is 0 Å². The fraction of sp³-hybridized carbons (Fsp3) is 0.267. The average Bonchev–Trinajstić information content (AvgIpc) is 2.46. The standard InChI is InChI=1S/C15H12N2O3/c18-12-6-3-7-13(19)14(12)15(20)11-8-16-9-4-1-2-5-10(9)17-11/h1-2,4-5,8,14H,3,6-7H2. The summed E-state index contributed by atoms with van der Waals surface area (Å²) in [4.78, 5) is 44.3. The molecular weight excluding hydrogens is 256 g/mol. The monoisotopic (exact) mass is 268 g/mol. The van der Waals surface area contributed by atoms with Gasteiger partial charge in [0.05, 0.1) is 17.2 Å². The molecule has 0 saturated heterocycles. The molecule has 2 aromatic rings. The number of carbonyl (C=O) groups is 3. The Hall–Kier alpha value is -2.43. The van der Waals surface area contributed by atoms with Crippen LogP contribution < -0.4 is 0 Å². The average molecular weight is 268 g/mol. The molecule has 5 heteroatoms. The maximum atomic E-state index is 12.3. The Kier molecular flexibility index (Phi) is 3.10. The molecule has 1 aliphatic rings. The number of nitrogens with zero attached hydrogens (tertiary/aromatic N) is 2. The maximum absolute atomic E-state index is 12.3. The predicted molar refractivity (Wildman–Crippen MR) is 71.2 cm³/mol. The number of ketones is 3. The van der Waals surface area contributed by atoms with Crippen molar-refractivity contribution in [1.29, 1.82) is 0 Å². The van der Waals surface area contributed by atoms with Crippen LogP contribution in [0.4, 0.5) is 0 Å². The molecule has 3 rings (SSSR count). The fourth-order valence-electron chi connectivity index (χ4n) is 2.42. The van der Waals surface area contributed by atoms with E-state index < -0.39 is 11.7 Å². The van der Waals surface area contributed by atoms with E-state index in [1.807, 2.05) is 6.07 Å². The first-order valence-corrected chi connectivity index (χ1v) is 6.48. The van der Waals surface area contributed by atoms with Crippen LogP contribution in [0.2, 0.25) is 0 Å². The van der Waals surface area contributed by atoms with Gasteiger partial charge in [-0.3, -0.25) is 19.4 Å². The lowest BCUT2D eigenvalue weighted by atomic mass is 9.83. The minimum atomic E-state index is -1.18. The lowest BCUT2D eigenvalue weighted by Gasteiger charge is -2.17. The number of Topliss-reactive ketones (excluding diaryl/α,β-unsaturated/α-hetero) is 3. The first kappa shape index (κ1) is 12.6. The van der Waals surface area contributed by atoms with Gasteiger partial charge < -0.3 is 0 Å². The second kappa shape index (κ2) is 4.92. The van der Waals surface area contributed by atoms with Crippen LogP contribution >= 0.6 is 0 Å². The van der Waals surface area contributed by atoms with Crippen molar-refractivity contribution in [1.82, 2.24) is 9.97 Å². The van der Waals surface area contributed by atoms with Crippen LogP contribution in [0.3, 0.4) is 0 Å². The van der Waals surface area contributed by atoms with Crippen molar-refractivity contribution in [2.75, 3.05) is 0 Å². The summed E-state index contributed by atoms with van der Waals surface area (Å²) in [5, 5.41) is 0. The topological polar surface area (TPSA) is 77.0 Å². The molecule has 0 amide bonds. The molecule has 0 aliphatic heterocycles. The third-order valence-corrected chi connectivity index (χ3v) is 3.45. The fourth-order valence-corrected chi connectivity index (χ4v) is 2.42. The Morgan fingerprint density at radius 2 is 1.70 bits per heavy atom. The highest BCUT2D eigenvalue weighted by molar-refractivity contribution is 6.24. The predicted octanol–water partition coefficient (Wildman–Crippen LogP) is 1.75. The third-order valence-electron chi connectivity index (χ3n) is 3.45. The number of aromatic nitrogens is 2. The van der Waals surface area contributed by atoms with Crippen molar-refractivity contribution in [3.63, 3.8) is 0 Å². The van der Waals surface area contributed by atoms with E-state index >= 15 is 0 Å². The summed E-state index contributed by atoms with van der Waals surface area (Å²) in [7, 11) is 0. The molecule has 1 heterocycles. The number of carbonyl (C=O) groups excluding carboxylic acids is 3. The second-order valence-electron chi connectivity index (χ2n) is 4.83. The van der Waals surface area contributed by atoms with Gasteiger partial charge in [0.15, 0.2) is 11.6 Å². The zero-order valence-corrected chi connectivity index (χ0v) is 10.7. The number of benzene rings is 1. The van der Waals surface area contributed by atoms with Gasteiger partial charge in [0.1, 0.15) is 11.6 Å². The molecule has 5 nitrogen and oxygen atoms in total. The van der Waals surface area contributed by atoms with Crippen molar-refractivity contribution in [2.45, 2.75) is 19.3 Å². The van der Waals surface area contributed by atoms with Crippen molar-refractivity contribution in [2.24, 2.45) is 5.92 Å². The van der Waals surface area contributed by atoms with Crippen molar-refractivity contribution >= 4 is 28.4 Å². The number of hydrogen-bond acceptors (Lipinski definition) is 5. The van der Waals surface area contributed by atoms with Gasteiger partial charge in [-0.05, 0) is 18.6 Å². The largest absolute Gasteiger partial charge is 0.298 e. The highest BCUT2D eigenvalue weighted by Gasteiger charge is 2.37. The molecule has 0 unspecified atom stereocenters. The van der Waals surface area contributed by atoms with E-state index in [1.54, 1.807) is 18.2 Å². The zero-order valence-electron chi connectivity index (χ0n) is 10.7. The molecule has 1 aromatic heterocycles. The van der Waals surface area contributed by atoms with E-state index in [0.717, 1.165) is 0 Å². The molecule has 100 valence electrons. The molecule has 1 aromatic carbocycles. The van der Waals surface area contributed by atoms with Crippen LogP contribution in [0, 0.1) is 5.92 Å². The summed E-state index contributed by atoms with van der Waals surface area (Å²) in [6.45, 7) is 0. The van der Waals surface area contributed by atoms with Crippen LogP contribution in [0.25, 0.3) is 11.0 Å². The van der Waals surface area contributed by atoms with E-state index in [1.165, 1.54) is 6.20 Å². The van der Waals surface area contributed by atoms with Crippen LogP contribution in [-0.2, 0) is 9.59 Å². The molecule has 1 saturated carbocycles. The van der Waals surface area contributed by atoms with Crippen LogP contribution in [0.1, 0.15) is 29.8 Å². The van der Waals surface area contributed by atoms with Crippen LogP contribution in [0.5, 0.6) is 0 Å². The molecule has 0 spiro atoms. The molecule has 0 radical (unpaired) electrons. The van der Waals surface area contributed by atoms with Crippen molar-refractivity contribution in [3.05, 3.63) is 36.2 Å². The van der Waals surface area contributed by atoms with Gasteiger partial charge >= 0.3 is 0 Å². The lowest BCUT2D eigenvalue weighted by Crippen LogP contribution is -2.35. The van der Waals surface area contributed by atoms with Gasteiger partial charge in [0.2, 0.25) is 5.78 Å². The van der Waals surface area contributed by atoms with Crippen LogP contribution in [0.15, 0.2) is 30.5 Å². The maximum Gasteiger partial charge on any atom is 0.200 e. The lowest BCUT2D eigenvalue weighted by molar-refractivity contribution is -0.133. The summed E-state index contributed by atoms with van der Waals surface area (Å²) in [5.41, 5.74) is 1.33. The number of rotatable bonds is 2. The Morgan fingerprint density at radius 1 is 1.05 bits per heavy atom. The quantitative estimate of drug-likeness (QED) is 0.612. The molecule has 1 fully saturated rings. The third kappa shape index (κ3) is 2.11. The van der Waals surface area contributed by atoms with Gasteiger partial charge in [-0.2, -0.15) is 0 Å². The molecule has 0 N–H and O–H groups in total. The van der Waals surface area contributed by atoms with Gasteiger partial charge in [-0.15, -0.1) is 0 Å². The van der Waals surface area contributed by atoms with Gasteiger partial charge in [-0.25, -0.2) is 4.98 Å². The minimum absolute atomic E-state index is 0.0808. The summed E-state index contributed by atoms with van der Waals surface area (Å²) in [6.07, 6.45) is 2.43. The smallest absolute Gasteiger partial charge is 0.200 e. The summed E-state index contributed by atoms with van der Waals surface area (Å²) in [6, 6.07) is 7.14. The van der Waals surface area contributed by atoms with Gasteiger partial charge in [0, 0.05) is 12.8 Å². The molecule has 0 bridgehead atoms. The molecule has 20 heavy (non-hydrogen) atoms. The summed E-state index contributed by atoms with van der Waals surface area (Å²) >= 11 is 0. The Balaban J connectivity index is 1.99. The Bertz CT molecular complexity index is 708. The van der Waals surface area contributed by atoms with E-state index in [2.05, 4.69) is 9.97 Å². The molecule has 0 atom stereocenters. The number of para-hydroxylation sites is 2. The summed E-state index contributed by atoms with van der Waals surface area (Å²) in [5.74, 6) is -2.32. The first-order chi connectivity index (χ1) is 9.66. The Morgan fingerprint density at radius 3 is 2.40 bits per heavy atom.